The van der Waals surface area contributed by atoms with Crippen LogP contribution in [-0.2, 0) is 5.54 Å². The summed E-state index contributed by atoms with van der Waals surface area (Å²) in [4.78, 5) is 7.06. The van der Waals surface area contributed by atoms with E-state index in [9.17, 15) is 0 Å². The Hall–Kier alpha value is -2.00. The van der Waals surface area contributed by atoms with Gasteiger partial charge >= 0.3 is 0 Å². The number of benzene rings is 2. The monoisotopic (exact) mass is 344 g/mol. The molecule has 0 spiro atoms. The number of nitrogens with zero attached hydrogens (tertiary/aromatic N) is 2. The predicted octanol–water partition coefficient (Wildman–Crippen LogP) is 4.98. The Balaban J connectivity index is 2.50. The average molecular weight is 345 g/mol. The van der Waals surface area contributed by atoms with Gasteiger partial charge in [-0.3, -0.25) is 4.99 Å². The van der Waals surface area contributed by atoms with Gasteiger partial charge in [0.1, 0.15) is 11.6 Å². The van der Waals surface area contributed by atoms with E-state index in [1.165, 1.54) is 0 Å². The molecule has 0 aliphatic rings. The van der Waals surface area contributed by atoms with Crippen LogP contribution in [0.1, 0.15) is 31.9 Å². The fourth-order valence-corrected chi connectivity index (χ4v) is 2.65. The minimum Gasteiger partial charge on any atom is -0.493 e. The van der Waals surface area contributed by atoms with Crippen LogP contribution in [0.5, 0.6) is 5.75 Å². The lowest BCUT2D eigenvalue weighted by Crippen LogP contribution is -2.28. The van der Waals surface area contributed by atoms with Crippen molar-refractivity contribution >= 4 is 17.4 Å². The summed E-state index contributed by atoms with van der Waals surface area (Å²) >= 11 is 6.01. The molecule has 0 heterocycles. The molecule has 2 aromatic carbocycles. The van der Waals surface area contributed by atoms with Crippen molar-refractivity contribution in [3.05, 3.63) is 64.7 Å². The van der Waals surface area contributed by atoms with Crippen molar-refractivity contribution in [2.75, 3.05) is 20.7 Å². The van der Waals surface area contributed by atoms with Crippen LogP contribution < -0.4 is 4.74 Å². The van der Waals surface area contributed by atoms with Crippen molar-refractivity contribution in [2.45, 2.75) is 26.3 Å². The second-order valence-corrected chi connectivity index (χ2v) is 6.76. The van der Waals surface area contributed by atoms with E-state index in [-0.39, 0.29) is 5.54 Å². The number of aliphatic imine (C=N–C) groups is 1. The van der Waals surface area contributed by atoms with Gasteiger partial charge in [-0.05, 0) is 50.6 Å². The van der Waals surface area contributed by atoms with Gasteiger partial charge < -0.3 is 9.64 Å². The van der Waals surface area contributed by atoms with Crippen LogP contribution in [0.3, 0.4) is 0 Å². The highest BCUT2D eigenvalue weighted by Crippen LogP contribution is 2.29. The Kier molecular flexibility index (Phi) is 5.89. The highest BCUT2D eigenvalue weighted by molar-refractivity contribution is 6.30. The average Bonchev–Trinajstić information content (AvgIpc) is 2.54. The molecule has 0 aliphatic carbocycles. The van der Waals surface area contributed by atoms with Crippen LogP contribution >= 0.6 is 11.6 Å². The molecule has 2 rings (SSSR count). The van der Waals surface area contributed by atoms with E-state index in [1.54, 1.807) is 0 Å². The number of hydrogen-bond acceptors (Lipinski definition) is 2. The summed E-state index contributed by atoms with van der Waals surface area (Å²) in [5.41, 5.74) is 1.72. The maximum absolute atomic E-state index is 6.01. The smallest absolute Gasteiger partial charge is 0.135 e. The number of halogens is 1. The van der Waals surface area contributed by atoms with E-state index in [2.05, 4.69) is 13.8 Å². The largest absolute Gasteiger partial charge is 0.493 e. The van der Waals surface area contributed by atoms with Gasteiger partial charge in [-0.1, -0.05) is 35.9 Å². The quantitative estimate of drug-likeness (QED) is 0.564. The first-order valence-corrected chi connectivity index (χ1v) is 8.48. The first kappa shape index (κ1) is 18.3. The Bertz CT molecular complexity index is 706. The highest BCUT2D eigenvalue weighted by Gasteiger charge is 2.23. The standard InChI is InChI=1S/C20H25ClN2O/c1-6-24-18-10-8-7-9-17(18)19(23(4)5)22-20(2,3)15-11-13-16(21)14-12-15/h7-14H,6H2,1-5H3/b22-19-. The van der Waals surface area contributed by atoms with E-state index >= 15 is 0 Å². The maximum atomic E-state index is 6.01. The van der Waals surface area contributed by atoms with Gasteiger partial charge in [-0.15, -0.1) is 0 Å². The lowest BCUT2D eigenvalue weighted by atomic mass is 9.95. The van der Waals surface area contributed by atoms with Crippen molar-refractivity contribution in [1.82, 2.24) is 4.90 Å². The second-order valence-electron chi connectivity index (χ2n) is 6.32. The summed E-state index contributed by atoms with van der Waals surface area (Å²) in [5.74, 6) is 1.73. The molecule has 4 heteroatoms. The van der Waals surface area contributed by atoms with Crippen molar-refractivity contribution in [3.8, 4) is 5.75 Å². The third-order valence-electron chi connectivity index (χ3n) is 3.79. The summed E-state index contributed by atoms with van der Waals surface area (Å²) in [6.45, 7) is 6.81. The van der Waals surface area contributed by atoms with Gasteiger partial charge in [-0.2, -0.15) is 0 Å². The molecule has 2 aromatic rings. The van der Waals surface area contributed by atoms with Gasteiger partial charge in [0.05, 0.1) is 17.7 Å². The molecule has 0 fully saturated rings. The number of para-hydroxylation sites is 1. The van der Waals surface area contributed by atoms with Crippen molar-refractivity contribution < 1.29 is 4.74 Å². The Morgan fingerprint density at radius 1 is 1.08 bits per heavy atom. The first-order valence-electron chi connectivity index (χ1n) is 8.10. The molecule has 0 saturated carbocycles. The molecule has 0 bridgehead atoms. The molecule has 24 heavy (non-hydrogen) atoms. The summed E-state index contributed by atoms with van der Waals surface area (Å²) < 4.78 is 5.78. The summed E-state index contributed by atoms with van der Waals surface area (Å²) in [6, 6.07) is 15.9. The molecule has 0 aromatic heterocycles. The molecule has 0 atom stereocenters. The van der Waals surface area contributed by atoms with E-state index < -0.39 is 0 Å². The third-order valence-corrected chi connectivity index (χ3v) is 4.04. The van der Waals surface area contributed by atoms with Crippen LogP contribution in [-0.4, -0.2) is 31.4 Å². The summed E-state index contributed by atoms with van der Waals surface area (Å²) in [5, 5.41) is 0.730. The molecule has 0 saturated heterocycles. The topological polar surface area (TPSA) is 24.8 Å². The number of amidine groups is 1. The molecular weight excluding hydrogens is 320 g/mol. The predicted molar refractivity (Wildman–Crippen MR) is 102 cm³/mol. The van der Waals surface area contributed by atoms with Crippen molar-refractivity contribution in [1.29, 1.82) is 0 Å². The molecule has 128 valence electrons. The second kappa shape index (κ2) is 7.71. The van der Waals surface area contributed by atoms with Crippen LogP contribution in [0, 0.1) is 0 Å². The van der Waals surface area contributed by atoms with Crippen molar-refractivity contribution in [3.63, 3.8) is 0 Å². The molecule has 0 unspecified atom stereocenters. The minimum atomic E-state index is -0.385. The fourth-order valence-electron chi connectivity index (χ4n) is 2.52. The fraction of sp³-hybridized carbons (Fsp3) is 0.350. The number of ether oxygens (including phenoxy) is 1. The van der Waals surface area contributed by atoms with Crippen LogP contribution in [0.2, 0.25) is 5.02 Å². The molecular formula is C20H25ClN2O. The Morgan fingerprint density at radius 2 is 1.71 bits per heavy atom. The molecule has 3 nitrogen and oxygen atoms in total. The lowest BCUT2D eigenvalue weighted by Gasteiger charge is -2.26. The van der Waals surface area contributed by atoms with E-state index in [0.717, 1.165) is 27.7 Å². The minimum absolute atomic E-state index is 0.385. The third kappa shape index (κ3) is 4.30. The highest BCUT2D eigenvalue weighted by atomic mass is 35.5. The van der Waals surface area contributed by atoms with E-state index in [1.807, 2.05) is 74.4 Å². The first-order chi connectivity index (χ1) is 11.3. The van der Waals surface area contributed by atoms with E-state index in [4.69, 9.17) is 21.3 Å². The molecule has 0 amide bonds. The zero-order valence-corrected chi connectivity index (χ0v) is 15.8. The van der Waals surface area contributed by atoms with Crippen molar-refractivity contribution in [2.24, 2.45) is 4.99 Å². The summed E-state index contributed by atoms with van der Waals surface area (Å²) in [6.07, 6.45) is 0. The molecule has 0 radical (unpaired) electrons. The van der Waals surface area contributed by atoms with Gasteiger partial charge in [-0.25, -0.2) is 0 Å². The number of rotatable bonds is 5. The molecule has 0 N–H and O–H groups in total. The van der Waals surface area contributed by atoms with Gasteiger partial charge in [0, 0.05) is 19.1 Å². The van der Waals surface area contributed by atoms with Gasteiger partial charge in [0.2, 0.25) is 0 Å². The number of hydrogen-bond donors (Lipinski definition) is 0. The lowest BCUT2D eigenvalue weighted by molar-refractivity contribution is 0.339. The van der Waals surface area contributed by atoms with Crippen LogP contribution in [0.4, 0.5) is 0 Å². The zero-order valence-electron chi connectivity index (χ0n) is 15.0. The van der Waals surface area contributed by atoms with Crippen LogP contribution in [0.25, 0.3) is 0 Å². The van der Waals surface area contributed by atoms with E-state index in [0.29, 0.717) is 6.61 Å². The normalized spacial score (nSPS) is 12.2. The SMILES string of the molecule is CCOc1ccccc1/C(=N/C(C)(C)c1ccc(Cl)cc1)N(C)C. The summed E-state index contributed by atoms with van der Waals surface area (Å²) in [7, 11) is 4.00. The zero-order chi connectivity index (χ0) is 17.7. The molecule has 0 aliphatic heterocycles. The Labute approximate surface area is 149 Å². The van der Waals surface area contributed by atoms with Gasteiger partial charge in [0.15, 0.2) is 0 Å². The Morgan fingerprint density at radius 3 is 2.29 bits per heavy atom. The maximum Gasteiger partial charge on any atom is 0.135 e. The van der Waals surface area contributed by atoms with Crippen LogP contribution in [0.15, 0.2) is 53.5 Å². The van der Waals surface area contributed by atoms with Gasteiger partial charge in [0.25, 0.3) is 0 Å².